The monoisotopic (exact) mass is 247 g/mol. The first kappa shape index (κ1) is 12.6. The van der Waals surface area contributed by atoms with Gasteiger partial charge in [-0.15, -0.1) is 0 Å². The summed E-state index contributed by atoms with van der Waals surface area (Å²) in [7, 11) is 0. The summed E-state index contributed by atoms with van der Waals surface area (Å²) in [5.74, 6) is 0.844. The lowest BCUT2D eigenvalue weighted by atomic mass is 9.86. The highest BCUT2D eigenvalue weighted by atomic mass is 16.5. The molecule has 0 radical (unpaired) electrons. The maximum Gasteiger partial charge on any atom is 0.240 e. The lowest BCUT2D eigenvalue weighted by molar-refractivity contribution is 0.380. The van der Waals surface area contributed by atoms with E-state index in [9.17, 15) is 5.11 Å². The van der Waals surface area contributed by atoms with Crippen molar-refractivity contribution in [1.29, 1.82) is 0 Å². The average molecular weight is 247 g/mol. The first-order valence-electron chi connectivity index (χ1n) is 5.78. The topological polar surface area (TPSA) is 85.2 Å². The number of phenols is 1. The second-order valence-corrected chi connectivity index (χ2v) is 5.20. The van der Waals surface area contributed by atoms with Crippen LogP contribution < -0.4 is 5.73 Å². The van der Waals surface area contributed by atoms with Gasteiger partial charge in [-0.2, -0.15) is 4.98 Å². The zero-order valence-electron chi connectivity index (χ0n) is 10.8. The second-order valence-electron chi connectivity index (χ2n) is 5.20. The number of benzene rings is 1. The molecule has 0 aliphatic heterocycles. The second kappa shape index (κ2) is 4.42. The van der Waals surface area contributed by atoms with E-state index in [0.29, 0.717) is 17.3 Å². The van der Waals surface area contributed by atoms with Gasteiger partial charge < -0.3 is 15.4 Å². The number of aromatic hydroxyl groups is 1. The van der Waals surface area contributed by atoms with Crippen LogP contribution in [0.4, 0.5) is 0 Å². The first-order chi connectivity index (χ1) is 8.41. The van der Waals surface area contributed by atoms with E-state index in [0.717, 1.165) is 5.56 Å². The molecule has 3 N–H and O–H groups in total. The number of rotatable bonds is 2. The van der Waals surface area contributed by atoms with E-state index in [1.165, 1.54) is 0 Å². The fourth-order valence-corrected chi connectivity index (χ4v) is 1.63. The summed E-state index contributed by atoms with van der Waals surface area (Å²) in [5, 5.41) is 13.7. The van der Waals surface area contributed by atoms with Gasteiger partial charge >= 0.3 is 0 Å². The summed E-state index contributed by atoms with van der Waals surface area (Å²) in [4.78, 5) is 4.12. The van der Waals surface area contributed by atoms with E-state index in [1.54, 1.807) is 6.07 Å². The number of phenolic OH excluding ortho intramolecular Hbond substituents is 1. The zero-order chi connectivity index (χ0) is 13.3. The Morgan fingerprint density at radius 2 is 2.06 bits per heavy atom. The molecule has 0 unspecified atom stereocenters. The molecule has 1 aromatic carbocycles. The Morgan fingerprint density at radius 1 is 1.33 bits per heavy atom. The smallest absolute Gasteiger partial charge is 0.240 e. The average Bonchev–Trinajstić information content (AvgIpc) is 2.76. The van der Waals surface area contributed by atoms with Gasteiger partial charge in [-0.1, -0.05) is 32.0 Å². The number of nitrogens with two attached hydrogens (primary N) is 1. The minimum absolute atomic E-state index is 0.0110. The molecule has 18 heavy (non-hydrogen) atoms. The van der Waals surface area contributed by atoms with Crippen molar-refractivity contribution >= 4 is 0 Å². The van der Waals surface area contributed by atoms with Crippen molar-refractivity contribution in [2.75, 3.05) is 0 Å². The predicted octanol–water partition coefficient (Wildman–Crippen LogP) is 2.20. The number of hydrogen-bond acceptors (Lipinski definition) is 5. The molecule has 0 spiro atoms. The van der Waals surface area contributed by atoms with E-state index >= 15 is 0 Å². The van der Waals surface area contributed by atoms with Crippen molar-refractivity contribution in [2.45, 2.75) is 32.7 Å². The molecule has 0 saturated heterocycles. The molecule has 1 aromatic heterocycles. The highest BCUT2D eigenvalue weighted by Crippen LogP contribution is 2.32. The predicted molar refractivity (Wildman–Crippen MR) is 68.0 cm³/mol. The van der Waals surface area contributed by atoms with Gasteiger partial charge in [0.05, 0.1) is 12.1 Å². The van der Waals surface area contributed by atoms with Crippen molar-refractivity contribution in [2.24, 2.45) is 5.73 Å². The normalized spacial score (nSPS) is 11.8. The van der Waals surface area contributed by atoms with Crippen molar-refractivity contribution in [3.8, 4) is 17.1 Å². The fraction of sp³-hybridized carbons (Fsp3) is 0.385. The quantitative estimate of drug-likeness (QED) is 0.849. The molecule has 0 aliphatic carbocycles. The van der Waals surface area contributed by atoms with Crippen molar-refractivity contribution in [3.05, 3.63) is 29.7 Å². The molecule has 0 fully saturated rings. The van der Waals surface area contributed by atoms with Crippen LogP contribution >= 0.6 is 0 Å². The van der Waals surface area contributed by atoms with Crippen LogP contribution in [0.2, 0.25) is 0 Å². The number of aromatic nitrogens is 2. The van der Waals surface area contributed by atoms with Crippen LogP contribution in [-0.2, 0) is 12.0 Å². The van der Waals surface area contributed by atoms with Gasteiger partial charge in [0.25, 0.3) is 0 Å². The van der Waals surface area contributed by atoms with Crippen LogP contribution in [-0.4, -0.2) is 15.2 Å². The zero-order valence-corrected chi connectivity index (χ0v) is 10.8. The van der Waals surface area contributed by atoms with Gasteiger partial charge in [0, 0.05) is 0 Å². The molecule has 0 aliphatic rings. The summed E-state index contributed by atoms with van der Waals surface area (Å²) in [6, 6.07) is 5.41. The molecule has 2 rings (SSSR count). The number of hydrogen-bond donors (Lipinski definition) is 2. The number of nitrogens with zero attached hydrogens (tertiary/aromatic N) is 2. The maximum absolute atomic E-state index is 9.88. The Kier molecular flexibility index (Phi) is 3.09. The van der Waals surface area contributed by atoms with Crippen LogP contribution in [0.25, 0.3) is 11.4 Å². The van der Waals surface area contributed by atoms with Gasteiger partial charge in [0.2, 0.25) is 11.7 Å². The third-order valence-electron chi connectivity index (χ3n) is 2.75. The third kappa shape index (κ3) is 2.36. The SMILES string of the molecule is CC(C)(C)c1ccc(O)c(-c2noc(CN)n2)c1. The highest BCUT2D eigenvalue weighted by molar-refractivity contribution is 5.64. The van der Waals surface area contributed by atoms with E-state index in [2.05, 4.69) is 30.9 Å². The first-order valence-corrected chi connectivity index (χ1v) is 5.78. The molecular formula is C13H17N3O2. The molecule has 0 bridgehead atoms. The van der Waals surface area contributed by atoms with Crippen LogP contribution in [0, 0.1) is 0 Å². The molecule has 5 heteroatoms. The lowest BCUT2D eigenvalue weighted by Gasteiger charge is -2.19. The summed E-state index contributed by atoms with van der Waals surface area (Å²) in [6.45, 7) is 6.49. The van der Waals surface area contributed by atoms with Crippen LogP contribution in [0.5, 0.6) is 5.75 Å². The maximum atomic E-state index is 9.88. The van der Waals surface area contributed by atoms with Gasteiger partial charge in [-0.05, 0) is 23.1 Å². The molecule has 0 atom stereocenters. The van der Waals surface area contributed by atoms with Gasteiger partial charge in [0.15, 0.2) is 0 Å². The molecule has 96 valence electrons. The molecule has 0 amide bonds. The minimum atomic E-state index is -0.0110. The van der Waals surface area contributed by atoms with Crippen molar-refractivity contribution in [1.82, 2.24) is 10.1 Å². The summed E-state index contributed by atoms with van der Waals surface area (Å²) in [6.07, 6.45) is 0. The summed E-state index contributed by atoms with van der Waals surface area (Å²) in [5.41, 5.74) is 7.06. The van der Waals surface area contributed by atoms with Crippen molar-refractivity contribution < 1.29 is 9.63 Å². The van der Waals surface area contributed by atoms with Crippen molar-refractivity contribution in [3.63, 3.8) is 0 Å². The molecule has 2 aromatic rings. The Balaban J connectivity index is 2.49. The van der Waals surface area contributed by atoms with E-state index < -0.39 is 0 Å². The summed E-state index contributed by atoms with van der Waals surface area (Å²) >= 11 is 0. The lowest BCUT2D eigenvalue weighted by Crippen LogP contribution is -2.10. The van der Waals surface area contributed by atoms with Gasteiger partial charge in [0.1, 0.15) is 5.75 Å². The minimum Gasteiger partial charge on any atom is -0.507 e. The Hall–Kier alpha value is -1.88. The molecule has 1 heterocycles. The van der Waals surface area contributed by atoms with E-state index in [4.69, 9.17) is 10.3 Å². The van der Waals surface area contributed by atoms with Crippen LogP contribution in [0.15, 0.2) is 22.7 Å². The molecule has 5 nitrogen and oxygen atoms in total. The highest BCUT2D eigenvalue weighted by Gasteiger charge is 2.18. The van der Waals surface area contributed by atoms with Gasteiger partial charge in [-0.25, -0.2) is 0 Å². The van der Waals surface area contributed by atoms with Gasteiger partial charge in [-0.3, -0.25) is 0 Å². The Labute approximate surface area is 106 Å². The third-order valence-corrected chi connectivity index (χ3v) is 2.75. The molecular weight excluding hydrogens is 230 g/mol. The fourth-order valence-electron chi connectivity index (χ4n) is 1.63. The standard InChI is InChI=1S/C13H17N3O2/c1-13(2,3)8-4-5-10(17)9(6-8)12-15-11(7-14)18-16-12/h4-6,17H,7,14H2,1-3H3. The Bertz CT molecular complexity index is 556. The van der Waals surface area contributed by atoms with Crippen LogP contribution in [0.3, 0.4) is 0 Å². The summed E-state index contributed by atoms with van der Waals surface area (Å²) < 4.78 is 4.95. The van der Waals surface area contributed by atoms with Crippen LogP contribution in [0.1, 0.15) is 32.2 Å². The Morgan fingerprint density at radius 3 is 2.61 bits per heavy atom. The molecule has 0 saturated carbocycles. The van der Waals surface area contributed by atoms with E-state index in [-0.39, 0.29) is 17.7 Å². The van der Waals surface area contributed by atoms with E-state index in [1.807, 2.05) is 12.1 Å². The largest absolute Gasteiger partial charge is 0.507 e.